The topological polar surface area (TPSA) is 56.3 Å². The lowest BCUT2D eigenvalue weighted by Gasteiger charge is -2.10. The first-order valence-corrected chi connectivity index (χ1v) is 6.61. The van der Waals surface area contributed by atoms with Crippen LogP contribution in [0.15, 0.2) is 30.3 Å². The number of aromatic nitrogens is 2. The fraction of sp³-hybridized carbons (Fsp3) is 0.333. The van der Waals surface area contributed by atoms with Gasteiger partial charge in [0.05, 0.1) is 6.61 Å². The molecular weight excluding hydrogens is 254 g/mol. The highest BCUT2D eigenvalue weighted by molar-refractivity contribution is 5.35. The number of benzene rings is 1. The predicted molar refractivity (Wildman–Crippen MR) is 77.2 cm³/mol. The van der Waals surface area contributed by atoms with Gasteiger partial charge in [-0.25, -0.2) is 0 Å². The van der Waals surface area contributed by atoms with Crippen molar-refractivity contribution in [3.05, 3.63) is 41.6 Å². The lowest BCUT2D eigenvalue weighted by Crippen LogP contribution is -2.07. The number of hydrogen-bond donors (Lipinski definition) is 1. The summed E-state index contributed by atoms with van der Waals surface area (Å²) < 4.78 is 11.2. The van der Waals surface area contributed by atoms with Crippen molar-refractivity contribution in [2.24, 2.45) is 0 Å². The van der Waals surface area contributed by atoms with Crippen molar-refractivity contribution >= 4 is 0 Å². The number of nitrogens with zero attached hydrogens (tertiary/aromatic N) is 2. The lowest BCUT2D eigenvalue weighted by atomic mass is 10.2. The largest absolute Gasteiger partial charge is 0.478 e. The van der Waals surface area contributed by atoms with Crippen molar-refractivity contribution in [3.63, 3.8) is 0 Å². The van der Waals surface area contributed by atoms with Crippen LogP contribution in [0.4, 0.5) is 0 Å². The van der Waals surface area contributed by atoms with Gasteiger partial charge in [-0.15, -0.1) is 0 Å². The summed E-state index contributed by atoms with van der Waals surface area (Å²) in [6, 6.07) is 9.90. The van der Waals surface area contributed by atoms with Gasteiger partial charge in [-0.05, 0) is 27.0 Å². The Labute approximate surface area is 119 Å². The highest BCUT2D eigenvalue weighted by atomic mass is 16.5. The molecule has 2 rings (SSSR count). The normalized spacial score (nSPS) is 10.3. The number of hydrogen-bond acceptors (Lipinski definition) is 5. The van der Waals surface area contributed by atoms with E-state index in [2.05, 4.69) is 15.3 Å². The van der Waals surface area contributed by atoms with Crippen LogP contribution in [0.1, 0.15) is 18.2 Å². The minimum atomic E-state index is 0.303. The highest BCUT2D eigenvalue weighted by Gasteiger charge is 2.08. The summed E-state index contributed by atoms with van der Waals surface area (Å²) in [6.07, 6.45) is 0. The van der Waals surface area contributed by atoms with Crippen LogP contribution in [0.25, 0.3) is 0 Å². The smallest absolute Gasteiger partial charge is 0.325 e. The Kier molecular flexibility index (Phi) is 4.90. The number of rotatable bonds is 6. The number of aryl methyl sites for hydroxylation is 1. The monoisotopic (exact) mass is 273 g/mol. The molecule has 5 heteroatoms. The first-order valence-electron chi connectivity index (χ1n) is 6.61. The standard InChI is InChI=1S/C15H19N3O2/c1-4-19-14-9-11(2)17-15(18-14)20-13-8-6-5-7-12(13)10-16-3/h5-9,16H,4,10H2,1-3H3. The maximum absolute atomic E-state index is 5.79. The number of nitrogens with one attached hydrogen (secondary N) is 1. The molecule has 0 bridgehead atoms. The fourth-order valence-corrected chi connectivity index (χ4v) is 1.82. The van der Waals surface area contributed by atoms with Gasteiger partial charge in [0.2, 0.25) is 5.88 Å². The zero-order chi connectivity index (χ0) is 14.4. The minimum Gasteiger partial charge on any atom is -0.478 e. The van der Waals surface area contributed by atoms with Crippen molar-refractivity contribution in [2.75, 3.05) is 13.7 Å². The second kappa shape index (κ2) is 6.86. The van der Waals surface area contributed by atoms with Crippen molar-refractivity contribution in [1.29, 1.82) is 0 Å². The van der Waals surface area contributed by atoms with Crippen LogP contribution in [0, 0.1) is 6.92 Å². The van der Waals surface area contributed by atoms with E-state index in [1.54, 1.807) is 6.07 Å². The first-order chi connectivity index (χ1) is 9.72. The third-order valence-corrected chi connectivity index (χ3v) is 2.64. The third kappa shape index (κ3) is 3.68. The van der Waals surface area contributed by atoms with E-state index in [-0.39, 0.29) is 0 Å². The van der Waals surface area contributed by atoms with Gasteiger partial charge in [0.1, 0.15) is 5.75 Å². The molecule has 0 aliphatic heterocycles. The summed E-state index contributed by atoms with van der Waals surface area (Å²) in [5.74, 6) is 1.27. The molecule has 0 atom stereocenters. The van der Waals surface area contributed by atoms with Gasteiger partial charge < -0.3 is 14.8 Å². The van der Waals surface area contributed by atoms with Crippen LogP contribution in [0.5, 0.6) is 17.6 Å². The van der Waals surface area contributed by atoms with E-state index < -0.39 is 0 Å². The fourth-order valence-electron chi connectivity index (χ4n) is 1.82. The molecule has 0 aliphatic carbocycles. The van der Waals surface area contributed by atoms with Crippen molar-refractivity contribution < 1.29 is 9.47 Å². The number of para-hydroxylation sites is 1. The van der Waals surface area contributed by atoms with Gasteiger partial charge in [0.15, 0.2) is 0 Å². The molecule has 5 nitrogen and oxygen atoms in total. The second-order valence-corrected chi connectivity index (χ2v) is 4.30. The SMILES string of the molecule is CCOc1cc(C)nc(Oc2ccccc2CNC)n1. The lowest BCUT2D eigenvalue weighted by molar-refractivity contribution is 0.317. The van der Waals surface area contributed by atoms with E-state index in [9.17, 15) is 0 Å². The van der Waals surface area contributed by atoms with E-state index in [1.165, 1.54) is 0 Å². The molecule has 0 amide bonds. The zero-order valence-electron chi connectivity index (χ0n) is 12.0. The molecule has 2 aromatic rings. The Hall–Kier alpha value is -2.14. The molecule has 0 saturated carbocycles. The molecule has 20 heavy (non-hydrogen) atoms. The zero-order valence-corrected chi connectivity index (χ0v) is 12.0. The summed E-state index contributed by atoms with van der Waals surface area (Å²) in [6.45, 7) is 5.09. The Morgan fingerprint density at radius 1 is 1.20 bits per heavy atom. The van der Waals surface area contributed by atoms with E-state index >= 15 is 0 Å². The van der Waals surface area contributed by atoms with Gasteiger partial charge in [0, 0.05) is 23.9 Å². The summed E-state index contributed by atoms with van der Waals surface area (Å²) in [5.41, 5.74) is 1.86. The molecule has 0 aliphatic rings. The van der Waals surface area contributed by atoms with E-state index in [0.717, 1.165) is 23.6 Å². The summed E-state index contributed by atoms with van der Waals surface area (Å²) in [7, 11) is 1.90. The summed E-state index contributed by atoms with van der Waals surface area (Å²) in [4.78, 5) is 8.52. The Balaban J connectivity index is 2.25. The molecule has 1 N–H and O–H groups in total. The van der Waals surface area contributed by atoms with Crippen molar-refractivity contribution in [3.8, 4) is 17.6 Å². The Morgan fingerprint density at radius 3 is 2.75 bits per heavy atom. The Bertz CT molecular complexity index is 573. The molecule has 0 spiro atoms. The molecule has 0 saturated heterocycles. The molecule has 1 heterocycles. The molecule has 1 aromatic carbocycles. The molecule has 0 fully saturated rings. The second-order valence-electron chi connectivity index (χ2n) is 4.30. The van der Waals surface area contributed by atoms with Gasteiger partial charge in [0.25, 0.3) is 0 Å². The molecule has 106 valence electrons. The number of ether oxygens (including phenoxy) is 2. The van der Waals surface area contributed by atoms with Crippen LogP contribution in [-0.2, 0) is 6.54 Å². The van der Waals surface area contributed by atoms with Crippen LogP contribution in [0.3, 0.4) is 0 Å². The maximum Gasteiger partial charge on any atom is 0.325 e. The third-order valence-electron chi connectivity index (χ3n) is 2.64. The quantitative estimate of drug-likeness (QED) is 0.877. The van der Waals surface area contributed by atoms with E-state index in [4.69, 9.17) is 9.47 Å². The maximum atomic E-state index is 5.79. The molecule has 0 radical (unpaired) electrons. The van der Waals surface area contributed by atoms with Gasteiger partial charge in [-0.3, -0.25) is 0 Å². The van der Waals surface area contributed by atoms with Gasteiger partial charge in [-0.1, -0.05) is 18.2 Å². The molecule has 0 unspecified atom stereocenters. The summed E-state index contributed by atoms with van der Waals surface area (Å²) >= 11 is 0. The summed E-state index contributed by atoms with van der Waals surface area (Å²) in [5, 5.41) is 3.11. The molecule has 1 aromatic heterocycles. The van der Waals surface area contributed by atoms with Gasteiger partial charge in [-0.2, -0.15) is 9.97 Å². The van der Waals surface area contributed by atoms with E-state index in [1.807, 2.05) is 45.2 Å². The average Bonchev–Trinajstić information content (AvgIpc) is 2.41. The predicted octanol–water partition coefficient (Wildman–Crippen LogP) is 2.70. The van der Waals surface area contributed by atoms with E-state index in [0.29, 0.717) is 18.5 Å². The van der Waals surface area contributed by atoms with Crippen molar-refractivity contribution in [1.82, 2.24) is 15.3 Å². The average molecular weight is 273 g/mol. The Morgan fingerprint density at radius 2 is 2.00 bits per heavy atom. The van der Waals surface area contributed by atoms with Gasteiger partial charge >= 0.3 is 6.01 Å². The minimum absolute atomic E-state index is 0.303. The van der Waals surface area contributed by atoms with Crippen LogP contribution in [-0.4, -0.2) is 23.6 Å². The molecular formula is C15H19N3O2. The highest BCUT2D eigenvalue weighted by Crippen LogP contribution is 2.24. The van der Waals surface area contributed by atoms with Crippen LogP contribution in [0.2, 0.25) is 0 Å². The van der Waals surface area contributed by atoms with Crippen LogP contribution >= 0.6 is 0 Å². The van der Waals surface area contributed by atoms with Crippen LogP contribution < -0.4 is 14.8 Å². The first kappa shape index (κ1) is 14.3. The van der Waals surface area contributed by atoms with Crippen molar-refractivity contribution in [2.45, 2.75) is 20.4 Å².